The van der Waals surface area contributed by atoms with Gasteiger partial charge in [-0.2, -0.15) is 0 Å². The van der Waals surface area contributed by atoms with Crippen molar-refractivity contribution in [2.45, 2.75) is 12.8 Å². The molecule has 102 valence electrons. The molecule has 1 fully saturated rings. The van der Waals surface area contributed by atoms with Crippen LogP contribution in [0.5, 0.6) is 0 Å². The largest absolute Gasteiger partial charge is 0.103 e. The molecule has 3 rings (SSSR count). The molecule has 0 bridgehead atoms. The summed E-state index contributed by atoms with van der Waals surface area (Å²) in [5.41, 5.74) is 2.45. The zero-order chi connectivity index (χ0) is 13.9. The van der Waals surface area contributed by atoms with Crippen LogP contribution in [0.3, 0.4) is 0 Å². The molecule has 0 amide bonds. The fourth-order valence-electron chi connectivity index (χ4n) is 3.72. The second-order valence-electron chi connectivity index (χ2n) is 5.93. The highest BCUT2D eigenvalue weighted by molar-refractivity contribution is 5.55. The maximum atomic E-state index is 4.01. The average Bonchev–Trinajstić information content (AvgIpc) is 3.08. The molecule has 4 unspecified atom stereocenters. The minimum Gasteiger partial charge on any atom is -0.103 e. The number of fused-ring (bicyclic) bond motifs is 1. The van der Waals surface area contributed by atoms with Gasteiger partial charge in [-0.05, 0) is 47.6 Å². The van der Waals surface area contributed by atoms with Crippen molar-refractivity contribution in [1.82, 2.24) is 0 Å². The summed E-state index contributed by atoms with van der Waals surface area (Å²) in [6, 6.07) is 8.56. The monoisotopic (exact) mass is 262 g/mol. The normalized spacial score (nSPS) is 31.6. The molecule has 0 heteroatoms. The first-order chi connectivity index (χ1) is 9.81. The van der Waals surface area contributed by atoms with Gasteiger partial charge < -0.3 is 0 Å². The van der Waals surface area contributed by atoms with Crippen molar-refractivity contribution in [3.63, 3.8) is 0 Å². The lowest BCUT2D eigenvalue weighted by molar-refractivity contribution is 0.414. The van der Waals surface area contributed by atoms with E-state index in [9.17, 15) is 0 Å². The van der Waals surface area contributed by atoms with E-state index < -0.39 is 0 Å². The summed E-state index contributed by atoms with van der Waals surface area (Å²) >= 11 is 0. The zero-order valence-corrected chi connectivity index (χ0v) is 11.9. The Balaban J connectivity index is 1.73. The molecule has 0 aromatic heterocycles. The number of benzene rings is 1. The van der Waals surface area contributed by atoms with Crippen molar-refractivity contribution in [1.29, 1.82) is 0 Å². The van der Waals surface area contributed by atoms with Gasteiger partial charge in [0.1, 0.15) is 0 Å². The highest BCUT2D eigenvalue weighted by Crippen LogP contribution is 2.48. The van der Waals surface area contributed by atoms with E-state index in [-0.39, 0.29) is 0 Å². The molecule has 1 aromatic rings. The summed E-state index contributed by atoms with van der Waals surface area (Å²) in [7, 11) is 0. The maximum absolute atomic E-state index is 4.01. The minimum absolute atomic E-state index is 0.667. The Morgan fingerprint density at radius 3 is 2.45 bits per heavy atom. The van der Waals surface area contributed by atoms with Crippen LogP contribution in [0.15, 0.2) is 61.7 Å². The number of allylic oxidation sites excluding steroid dienone is 4. The lowest BCUT2D eigenvalue weighted by Crippen LogP contribution is -2.08. The summed E-state index contributed by atoms with van der Waals surface area (Å²) in [6.07, 6.45) is 16.0. The van der Waals surface area contributed by atoms with Crippen LogP contribution in [-0.4, -0.2) is 0 Å². The Labute approximate surface area is 122 Å². The molecule has 2 aliphatic rings. The van der Waals surface area contributed by atoms with Gasteiger partial charge in [-0.1, -0.05) is 67.3 Å². The lowest BCUT2D eigenvalue weighted by Gasteiger charge is -2.15. The van der Waals surface area contributed by atoms with Gasteiger partial charge in [0.05, 0.1) is 0 Å². The van der Waals surface area contributed by atoms with Crippen LogP contribution in [0.1, 0.15) is 24.0 Å². The molecule has 2 aliphatic carbocycles. The summed E-state index contributed by atoms with van der Waals surface area (Å²) in [4.78, 5) is 0. The van der Waals surface area contributed by atoms with Crippen molar-refractivity contribution in [2.24, 2.45) is 23.7 Å². The third-order valence-electron chi connectivity index (χ3n) is 4.86. The molecule has 4 atom stereocenters. The fourth-order valence-corrected chi connectivity index (χ4v) is 3.72. The molecule has 0 aliphatic heterocycles. The molecule has 0 heterocycles. The third-order valence-corrected chi connectivity index (χ3v) is 4.86. The van der Waals surface area contributed by atoms with E-state index in [1.165, 1.54) is 24.0 Å². The van der Waals surface area contributed by atoms with Crippen molar-refractivity contribution in [2.75, 3.05) is 0 Å². The van der Waals surface area contributed by atoms with Crippen LogP contribution in [-0.2, 0) is 0 Å². The predicted molar refractivity (Wildman–Crippen MR) is 88.1 cm³/mol. The van der Waals surface area contributed by atoms with Gasteiger partial charge in [-0.3, -0.25) is 0 Å². The van der Waals surface area contributed by atoms with Gasteiger partial charge >= 0.3 is 0 Å². The van der Waals surface area contributed by atoms with Crippen molar-refractivity contribution >= 4 is 12.2 Å². The molecule has 0 saturated heterocycles. The van der Waals surface area contributed by atoms with Crippen molar-refractivity contribution in [3.05, 3.63) is 72.9 Å². The van der Waals surface area contributed by atoms with Crippen LogP contribution in [0.25, 0.3) is 12.2 Å². The summed E-state index contributed by atoms with van der Waals surface area (Å²) in [6.45, 7) is 7.80. The summed E-state index contributed by atoms with van der Waals surface area (Å²) < 4.78 is 0. The smallest absolute Gasteiger partial charge is 0.0133 e. The molecule has 0 N–H and O–H groups in total. The Kier molecular flexibility index (Phi) is 3.73. The molecule has 1 aromatic carbocycles. The van der Waals surface area contributed by atoms with E-state index in [4.69, 9.17) is 0 Å². The summed E-state index contributed by atoms with van der Waals surface area (Å²) in [5, 5.41) is 0. The molecule has 0 nitrogen and oxygen atoms in total. The average molecular weight is 262 g/mol. The molecule has 0 spiro atoms. The second kappa shape index (κ2) is 5.66. The van der Waals surface area contributed by atoms with E-state index in [1.54, 1.807) is 0 Å². The fraction of sp³-hybridized carbons (Fsp3) is 0.300. The predicted octanol–water partition coefficient (Wildman–Crippen LogP) is 5.36. The van der Waals surface area contributed by atoms with Gasteiger partial charge in [-0.25, -0.2) is 0 Å². The third kappa shape index (κ3) is 2.43. The van der Waals surface area contributed by atoms with Crippen LogP contribution in [0, 0.1) is 23.7 Å². The zero-order valence-electron chi connectivity index (χ0n) is 11.9. The number of rotatable bonds is 4. The van der Waals surface area contributed by atoms with E-state index >= 15 is 0 Å². The van der Waals surface area contributed by atoms with Gasteiger partial charge in [0, 0.05) is 0 Å². The quantitative estimate of drug-likeness (QED) is 0.641. The maximum Gasteiger partial charge on any atom is -0.0133 e. The first kappa shape index (κ1) is 13.2. The Bertz CT molecular complexity index is 544. The first-order valence-electron chi connectivity index (χ1n) is 7.51. The second-order valence-corrected chi connectivity index (χ2v) is 5.93. The molecular weight excluding hydrogens is 240 g/mol. The number of hydrogen-bond donors (Lipinski definition) is 0. The Morgan fingerprint density at radius 1 is 1.00 bits per heavy atom. The summed E-state index contributed by atoms with van der Waals surface area (Å²) in [5.74, 6) is 2.88. The Hall–Kier alpha value is -1.82. The van der Waals surface area contributed by atoms with Crippen LogP contribution in [0.4, 0.5) is 0 Å². The van der Waals surface area contributed by atoms with Crippen LogP contribution in [0.2, 0.25) is 0 Å². The van der Waals surface area contributed by atoms with Crippen molar-refractivity contribution < 1.29 is 0 Å². The SMILES string of the molecule is C=Cc1ccc(C=CC2CC(C=C)C3CC=CC23)cc1. The first-order valence-corrected chi connectivity index (χ1v) is 7.51. The molecule has 1 saturated carbocycles. The van der Waals surface area contributed by atoms with Crippen LogP contribution >= 0.6 is 0 Å². The van der Waals surface area contributed by atoms with Gasteiger partial charge in [0.25, 0.3) is 0 Å². The van der Waals surface area contributed by atoms with Gasteiger partial charge in [0.2, 0.25) is 0 Å². The van der Waals surface area contributed by atoms with Gasteiger partial charge in [0.15, 0.2) is 0 Å². The molecular formula is C20H22. The van der Waals surface area contributed by atoms with E-state index in [2.05, 4.69) is 67.8 Å². The van der Waals surface area contributed by atoms with Gasteiger partial charge in [-0.15, -0.1) is 6.58 Å². The minimum atomic E-state index is 0.667. The lowest BCUT2D eigenvalue weighted by atomic mass is 9.89. The van der Waals surface area contributed by atoms with E-state index in [1.807, 2.05) is 6.08 Å². The number of hydrogen-bond acceptors (Lipinski definition) is 0. The highest BCUT2D eigenvalue weighted by Gasteiger charge is 2.40. The van der Waals surface area contributed by atoms with E-state index in [0.717, 1.165) is 11.8 Å². The topological polar surface area (TPSA) is 0 Å². The standard InChI is InChI=1S/C20H22/c1-3-15-8-10-16(11-9-15)12-13-18-14-17(4-2)19-6-5-7-20(18)19/h3-5,7-13,17-20H,1-2,6,14H2. The molecule has 0 radical (unpaired) electrons. The Morgan fingerprint density at radius 2 is 1.75 bits per heavy atom. The molecule has 20 heavy (non-hydrogen) atoms. The van der Waals surface area contributed by atoms with E-state index in [0.29, 0.717) is 11.8 Å². The van der Waals surface area contributed by atoms with Crippen molar-refractivity contribution in [3.8, 4) is 0 Å². The highest BCUT2D eigenvalue weighted by atomic mass is 14.4. The van der Waals surface area contributed by atoms with Crippen LogP contribution < -0.4 is 0 Å².